The first-order valence-corrected chi connectivity index (χ1v) is 7.92. The Kier molecular flexibility index (Phi) is 4.65. The van der Waals surface area contributed by atoms with Gasteiger partial charge < -0.3 is 20.3 Å². The third kappa shape index (κ3) is 3.92. The predicted molar refractivity (Wildman–Crippen MR) is 93.4 cm³/mol. The fourth-order valence-electron chi connectivity index (χ4n) is 3.00. The number of ether oxygens (including phenoxy) is 1. The number of halogens is 3. The molecule has 2 aromatic rings. The molecular weight excluding hydrogens is 331 g/mol. The van der Waals surface area contributed by atoms with Crippen molar-refractivity contribution in [2.45, 2.75) is 19.1 Å². The van der Waals surface area contributed by atoms with Gasteiger partial charge in [0.1, 0.15) is 5.75 Å². The maximum atomic E-state index is 12.4. The normalized spacial score (nSPS) is 13.4. The van der Waals surface area contributed by atoms with Crippen molar-refractivity contribution in [3.8, 4) is 5.75 Å². The Morgan fingerprint density at radius 2 is 1.88 bits per heavy atom. The van der Waals surface area contributed by atoms with Crippen LogP contribution in [-0.2, 0) is 13.0 Å². The van der Waals surface area contributed by atoms with Crippen LogP contribution in [0.3, 0.4) is 0 Å². The van der Waals surface area contributed by atoms with E-state index in [2.05, 4.69) is 15.5 Å². The van der Waals surface area contributed by atoms with Crippen LogP contribution in [0.5, 0.6) is 5.75 Å². The van der Waals surface area contributed by atoms with Gasteiger partial charge in [-0.2, -0.15) is 13.2 Å². The Morgan fingerprint density at radius 1 is 1.16 bits per heavy atom. The topological polar surface area (TPSA) is 36.5 Å². The van der Waals surface area contributed by atoms with Crippen LogP contribution in [0.15, 0.2) is 36.4 Å². The van der Waals surface area contributed by atoms with Crippen LogP contribution < -0.4 is 20.3 Å². The fraction of sp³-hybridized carbons (Fsp3) is 0.333. The van der Waals surface area contributed by atoms with E-state index in [0.717, 1.165) is 35.0 Å². The van der Waals surface area contributed by atoms with Gasteiger partial charge in [0, 0.05) is 24.8 Å². The molecule has 3 rings (SSSR count). The number of hydrogen-bond acceptors (Lipinski definition) is 4. The highest BCUT2D eigenvalue weighted by molar-refractivity contribution is 5.80. The summed E-state index contributed by atoms with van der Waals surface area (Å²) in [6.07, 6.45) is -5.10. The third-order valence-electron chi connectivity index (χ3n) is 4.18. The molecular formula is C18H20F3N3O. The molecule has 0 amide bonds. The molecule has 4 nitrogen and oxygen atoms in total. The summed E-state index contributed by atoms with van der Waals surface area (Å²) < 4.78 is 42.7. The van der Waals surface area contributed by atoms with E-state index < -0.39 is 12.6 Å². The standard InChI is InChI=1S/C18H20F3N3O/c1-24-11-23-15-7-8-16(25-2)14(17(15)24)10-22-13-5-3-12(4-6-13)9-18(19,20)21/h3-8,22-23H,9-11H2,1-2H3. The maximum absolute atomic E-state index is 12.4. The van der Waals surface area contributed by atoms with E-state index in [1.165, 1.54) is 12.1 Å². The molecule has 0 saturated heterocycles. The smallest absolute Gasteiger partial charge is 0.393 e. The second-order valence-electron chi connectivity index (χ2n) is 6.02. The molecule has 2 aromatic carbocycles. The lowest BCUT2D eigenvalue weighted by atomic mass is 10.1. The summed E-state index contributed by atoms with van der Waals surface area (Å²) in [4.78, 5) is 2.10. The molecule has 1 aliphatic rings. The van der Waals surface area contributed by atoms with Crippen molar-refractivity contribution >= 4 is 17.1 Å². The second kappa shape index (κ2) is 6.74. The summed E-state index contributed by atoms with van der Waals surface area (Å²) in [7, 11) is 3.62. The molecule has 1 aliphatic heterocycles. The Balaban J connectivity index is 1.75. The predicted octanol–water partition coefficient (Wildman–Crippen LogP) is 4.23. The number of hydrogen-bond donors (Lipinski definition) is 2. The molecule has 0 bridgehead atoms. The number of benzene rings is 2. The summed E-state index contributed by atoms with van der Waals surface area (Å²) in [6.45, 7) is 1.23. The molecule has 0 aliphatic carbocycles. The van der Waals surface area contributed by atoms with E-state index in [0.29, 0.717) is 6.54 Å². The van der Waals surface area contributed by atoms with Crippen molar-refractivity contribution in [2.24, 2.45) is 0 Å². The first kappa shape index (κ1) is 17.3. The van der Waals surface area contributed by atoms with Crippen LogP contribution in [0.25, 0.3) is 0 Å². The molecule has 0 unspecified atom stereocenters. The Hall–Kier alpha value is -2.57. The lowest BCUT2D eigenvalue weighted by Crippen LogP contribution is -2.18. The summed E-state index contributed by atoms with van der Waals surface area (Å²) in [5.41, 5.74) is 4.13. The van der Waals surface area contributed by atoms with Crippen LogP contribution in [-0.4, -0.2) is 27.0 Å². The van der Waals surface area contributed by atoms with Gasteiger partial charge in [0.25, 0.3) is 0 Å². The molecule has 1 heterocycles. The lowest BCUT2D eigenvalue weighted by molar-refractivity contribution is -0.127. The monoisotopic (exact) mass is 351 g/mol. The third-order valence-corrected chi connectivity index (χ3v) is 4.18. The summed E-state index contributed by atoms with van der Waals surface area (Å²) in [6, 6.07) is 10.2. The van der Waals surface area contributed by atoms with Crippen LogP contribution in [0.1, 0.15) is 11.1 Å². The lowest BCUT2D eigenvalue weighted by Gasteiger charge is -2.19. The van der Waals surface area contributed by atoms with E-state index >= 15 is 0 Å². The van der Waals surface area contributed by atoms with Gasteiger partial charge in [0.05, 0.1) is 31.6 Å². The molecule has 134 valence electrons. The molecule has 2 N–H and O–H groups in total. The van der Waals surface area contributed by atoms with E-state index in [9.17, 15) is 13.2 Å². The summed E-state index contributed by atoms with van der Waals surface area (Å²) in [5, 5.41) is 6.57. The molecule has 25 heavy (non-hydrogen) atoms. The van der Waals surface area contributed by atoms with Crippen LogP contribution in [0.2, 0.25) is 0 Å². The number of nitrogens with one attached hydrogen (secondary N) is 2. The van der Waals surface area contributed by atoms with Gasteiger partial charge in [-0.3, -0.25) is 0 Å². The largest absolute Gasteiger partial charge is 0.496 e. The van der Waals surface area contributed by atoms with Gasteiger partial charge in [0.15, 0.2) is 0 Å². The van der Waals surface area contributed by atoms with Gasteiger partial charge in [-0.25, -0.2) is 0 Å². The van der Waals surface area contributed by atoms with Gasteiger partial charge in [0.2, 0.25) is 0 Å². The van der Waals surface area contributed by atoms with Gasteiger partial charge in [-0.05, 0) is 29.8 Å². The van der Waals surface area contributed by atoms with E-state index in [4.69, 9.17) is 4.74 Å². The zero-order valence-corrected chi connectivity index (χ0v) is 14.1. The molecule has 0 atom stereocenters. The van der Waals surface area contributed by atoms with Crippen LogP contribution in [0.4, 0.5) is 30.2 Å². The summed E-state index contributed by atoms with van der Waals surface area (Å²) >= 11 is 0. The molecule has 0 saturated carbocycles. The van der Waals surface area contributed by atoms with Gasteiger partial charge in [-0.1, -0.05) is 12.1 Å². The first-order valence-electron chi connectivity index (χ1n) is 7.92. The highest BCUT2D eigenvalue weighted by Crippen LogP contribution is 2.39. The van der Waals surface area contributed by atoms with Crippen LogP contribution in [0, 0.1) is 0 Å². The first-order chi connectivity index (χ1) is 11.9. The number of anilines is 3. The molecule has 7 heteroatoms. The Morgan fingerprint density at radius 3 is 2.52 bits per heavy atom. The second-order valence-corrected chi connectivity index (χ2v) is 6.02. The zero-order valence-electron chi connectivity index (χ0n) is 14.1. The average molecular weight is 351 g/mol. The highest BCUT2D eigenvalue weighted by Gasteiger charge is 2.27. The molecule has 0 aromatic heterocycles. The average Bonchev–Trinajstić information content (AvgIpc) is 2.94. The number of nitrogens with zero attached hydrogens (tertiary/aromatic N) is 1. The summed E-state index contributed by atoms with van der Waals surface area (Å²) in [5.74, 6) is 0.774. The minimum absolute atomic E-state index is 0.250. The number of alkyl halides is 3. The zero-order chi connectivity index (χ0) is 18.0. The minimum atomic E-state index is -4.19. The van der Waals surface area contributed by atoms with Crippen molar-refractivity contribution in [3.05, 3.63) is 47.5 Å². The van der Waals surface area contributed by atoms with Crippen molar-refractivity contribution in [1.29, 1.82) is 0 Å². The minimum Gasteiger partial charge on any atom is -0.496 e. The number of methoxy groups -OCH3 is 1. The van der Waals surface area contributed by atoms with Crippen molar-refractivity contribution < 1.29 is 17.9 Å². The quantitative estimate of drug-likeness (QED) is 0.845. The van der Waals surface area contributed by atoms with Crippen LogP contribution >= 0.6 is 0 Å². The SMILES string of the molecule is COc1ccc2c(c1CNc1ccc(CC(F)(F)F)cc1)N(C)CN2. The van der Waals surface area contributed by atoms with Crippen molar-refractivity contribution in [1.82, 2.24) is 0 Å². The maximum Gasteiger partial charge on any atom is 0.393 e. The van der Waals surface area contributed by atoms with E-state index in [1.54, 1.807) is 19.2 Å². The molecule has 0 fully saturated rings. The van der Waals surface area contributed by atoms with Gasteiger partial charge >= 0.3 is 6.18 Å². The number of fused-ring (bicyclic) bond motifs is 1. The Labute approximate surface area is 144 Å². The van der Waals surface area contributed by atoms with Gasteiger partial charge in [-0.15, -0.1) is 0 Å². The van der Waals surface area contributed by atoms with Crippen molar-refractivity contribution in [3.63, 3.8) is 0 Å². The highest BCUT2D eigenvalue weighted by atomic mass is 19.4. The fourth-order valence-corrected chi connectivity index (χ4v) is 3.00. The van der Waals surface area contributed by atoms with E-state index in [1.807, 2.05) is 19.2 Å². The van der Waals surface area contributed by atoms with E-state index in [-0.39, 0.29) is 5.56 Å². The number of rotatable bonds is 5. The molecule has 0 spiro atoms. The van der Waals surface area contributed by atoms with Crippen molar-refractivity contribution in [2.75, 3.05) is 36.4 Å². The Bertz CT molecular complexity index is 744. The molecule has 0 radical (unpaired) electrons.